The Morgan fingerprint density at radius 2 is 2.13 bits per heavy atom. The summed E-state index contributed by atoms with van der Waals surface area (Å²) in [6.45, 7) is 1.98. The van der Waals surface area contributed by atoms with Crippen molar-refractivity contribution in [2.24, 2.45) is 11.8 Å². The Hall–Kier alpha value is -1.51. The Bertz CT molecular complexity index is 372. The van der Waals surface area contributed by atoms with E-state index in [1.165, 1.54) is 12.8 Å². The van der Waals surface area contributed by atoms with Gasteiger partial charge in [-0.3, -0.25) is 4.79 Å². The highest BCUT2D eigenvalue weighted by Crippen LogP contribution is 2.37. The minimum atomic E-state index is 0.0791. The van der Waals surface area contributed by atoms with Crippen LogP contribution < -0.4 is 11.1 Å². The van der Waals surface area contributed by atoms with E-state index in [1.807, 2.05) is 25.1 Å². The molecule has 0 spiro atoms. The summed E-state index contributed by atoms with van der Waals surface area (Å²) in [4.78, 5) is 11.8. The number of benzene rings is 1. The molecular formula is C12H16N2O. The maximum absolute atomic E-state index is 11.8. The fourth-order valence-electron chi connectivity index (χ4n) is 1.67. The van der Waals surface area contributed by atoms with Gasteiger partial charge in [-0.2, -0.15) is 0 Å². The third kappa shape index (κ3) is 2.29. The van der Waals surface area contributed by atoms with Crippen molar-refractivity contribution >= 4 is 17.3 Å². The SMILES string of the molecule is CC(C(=O)Nc1ccccc1N)C1CC1. The third-order valence-corrected chi connectivity index (χ3v) is 2.96. The maximum atomic E-state index is 11.8. The van der Waals surface area contributed by atoms with Gasteiger partial charge in [0.2, 0.25) is 5.91 Å². The number of hydrogen-bond donors (Lipinski definition) is 2. The molecule has 1 fully saturated rings. The molecule has 0 bridgehead atoms. The zero-order valence-electron chi connectivity index (χ0n) is 8.86. The van der Waals surface area contributed by atoms with Gasteiger partial charge in [-0.25, -0.2) is 0 Å². The fourth-order valence-corrected chi connectivity index (χ4v) is 1.67. The highest BCUT2D eigenvalue weighted by atomic mass is 16.1. The quantitative estimate of drug-likeness (QED) is 0.742. The molecule has 1 aliphatic carbocycles. The van der Waals surface area contributed by atoms with Gasteiger partial charge in [-0.15, -0.1) is 0 Å². The lowest BCUT2D eigenvalue weighted by Gasteiger charge is -2.12. The molecule has 2 rings (SSSR count). The van der Waals surface area contributed by atoms with Crippen LogP contribution >= 0.6 is 0 Å². The summed E-state index contributed by atoms with van der Waals surface area (Å²) in [6.07, 6.45) is 2.36. The van der Waals surface area contributed by atoms with Gasteiger partial charge in [-0.05, 0) is 30.9 Å². The van der Waals surface area contributed by atoms with Gasteiger partial charge in [0, 0.05) is 5.92 Å². The molecule has 3 nitrogen and oxygen atoms in total. The lowest BCUT2D eigenvalue weighted by atomic mass is 10.1. The van der Waals surface area contributed by atoms with E-state index >= 15 is 0 Å². The summed E-state index contributed by atoms with van der Waals surface area (Å²) in [6, 6.07) is 7.34. The number of hydrogen-bond acceptors (Lipinski definition) is 2. The van der Waals surface area contributed by atoms with Crippen molar-refractivity contribution in [1.29, 1.82) is 0 Å². The standard InChI is InChI=1S/C12H16N2O/c1-8(9-6-7-9)12(15)14-11-5-3-2-4-10(11)13/h2-5,8-9H,6-7,13H2,1H3,(H,14,15). The van der Waals surface area contributed by atoms with Crippen molar-refractivity contribution in [2.75, 3.05) is 11.1 Å². The minimum absolute atomic E-state index is 0.0791. The lowest BCUT2D eigenvalue weighted by Crippen LogP contribution is -2.22. The number of nitrogens with one attached hydrogen (secondary N) is 1. The minimum Gasteiger partial charge on any atom is -0.397 e. The van der Waals surface area contributed by atoms with Crippen LogP contribution in [-0.4, -0.2) is 5.91 Å². The highest BCUT2D eigenvalue weighted by molar-refractivity contribution is 5.95. The molecule has 0 saturated heterocycles. The largest absolute Gasteiger partial charge is 0.397 e. The molecule has 0 aliphatic heterocycles. The molecule has 1 aromatic rings. The monoisotopic (exact) mass is 204 g/mol. The number of carbonyl (C=O) groups excluding carboxylic acids is 1. The molecule has 0 radical (unpaired) electrons. The van der Waals surface area contributed by atoms with Gasteiger partial charge in [-0.1, -0.05) is 19.1 Å². The van der Waals surface area contributed by atoms with Gasteiger partial charge >= 0.3 is 0 Å². The van der Waals surface area contributed by atoms with E-state index in [4.69, 9.17) is 5.73 Å². The van der Waals surface area contributed by atoms with Crippen molar-refractivity contribution < 1.29 is 4.79 Å². The molecule has 0 heterocycles. The van der Waals surface area contributed by atoms with E-state index in [0.717, 1.165) is 5.69 Å². The number of para-hydroxylation sites is 2. The second kappa shape index (κ2) is 3.93. The van der Waals surface area contributed by atoms with E-state index in [1.54, 1.807) is 6.07 Å². The van der Waals surface area contributed by atoms with Crippen molar-refractivity contribution in [2.45, 2.75) is 19.8 Å². The average Bonchev–Trinajstić information content (AvgIpc) is 3.04. The van der Waals surface area contributed by atoms with Crippen molar-refractivity contribution in [1.82, 2.24) is 0 Å². The predicted molar refractivity (Wildman–Crippen MR) is 61.4 cm³/mol. The molecule has 1 aromatic carbocycles. The number of nitrogens with two attached hydrogens (primary N) is 1. The zero-order chi connectivity index (χ0) is 10.8. The first kappa shape index (κ1) is 10.0. The Balaban J connectivity index is 2.02. The van der Waals surface area contributed by atoms with Crippen LogP contribution in [0.1, 0.15) is 19.8 Å². The first-order valence-electron chi connectivity index (χ1n) is 5.34. The van der Waals surface area contributed by atoms with Gasteiger partial charge in [0.25, 0.3) is 0 Å². The van der Waals surface area contributed by atoms with Crippen molar-refractivity contribution in [3.05, 3.63) is 24.3 Å². The molecule has 15 heavy (non-hydrogen) atoms. The number of rotatable bonds is 3. The Kier molecular flexibility index (Phi) is 2.62. The van der Waals surface area contributed by atoms with Crippen LogP contribution in [0.5, 0.6) is 0 Å². The van der Waals surface area contributed by atoms with Gasteiger partial charge in [0.1, 0.15) is 0 Å². The smallest absolute Gasteiger partial charge is 0.227 e. The molecule has 1 unspecified atom stereocenters. The van der Waals surface area contributed by atoms with Crippen LogP contribution in [0.2, 0.25) is 0 Å². The van der Waals surface area contributed by atoms with E-state index in [0.29, 0.717) is 11.6 Å². The zero-order valence-corrected chi connectivity index (χ0v) is 8.86. The molecule has 1 saturated carbocycles. The summed E-state index contributed by atoms with van der Waals surface area (Å²) < 4.78 is 0. The Morgan fingerprint density at radius 1 is 1.47 bits per heavy atom. The van der Waals surface area contributed by atoms with Crippen LogP contribution in [-0.2, 0) is 4.79 Å². The molecule has 80 valence electrons. The summed E-state index contributed by atoms with van der Waals surface area (Å²) in [5.74, 6) is 0.759. The van der Waals surface area contributed by atoms with Crippen molar-refractivity contribution in [3.8, 4) is 0 Å². The van der Waals surface area contributed by atoms with Crippen LogP contribution in [0.3, 0.4) is 0 Å². The molecule has 1 aliphatic rings. The summed E-state index contributed by atoms with van der Waals surface area (Å²) in [7, 11) is 0. The molecule has 0 aromatic heterocycles. The molecular weight excluding hydrogens is 188 g/mol. The van der Waals surface area contributed by atoms with Gasteiger partial charge in [0.05, 0.1) is 11.4 Å². The van der Waals surface area contributed by atoms with Gasteiger partial charge < -0.3 is 11.1 Å². The van der Waals surface area contributed by atoms with E-state index in [-0.39, 0.29) is 11.8 Å². The van der Waals surface area contributed by atoms with Crippen LogP contribution in [0.4, 0.5) is 11.4 Å². The normalized spacial score (nSPS) is 17.1. The second-order valence-corrected chi connectivity index (χ2v) is 4.20. The second-order valence-electron chi connectivity index (χ2n) is 4.20. The lowest BCUT2D eigenvalue weighted by molar-refractivity contribution is -0.119. The first-order valence-corrected chi connectivity index (χ1v) is 5.34. The molecule has 3 N–H and O–H groups in total. The highest BCUT2D eigenvalue weighted by Gasteiger charge is 2.32. The summed E-state index contributed by atoms with van der Waals surface area (Å²) in [5.41, 5.74) is 7.08. The van der Waals surface area contributed by atoms with E-state index in [2.05, 4.69) is 5.32 Å². The topological polar surface area (TPSA) is 55.1 Å². The van der Waals surface area contributed by atoms with Gasteiger partial charge in [0.15, 0.2) is 0 Å². The summed E-state index contributed by atoms with van der Waals surface area (Å²) >= 11 is 0. The van der Waals surface area contributed by atoms with E-state index < -0.39 is 0 Å². The van der Waals surface area contributed by atoms with E-state index in [9.17, 15) is 4.79 Å². The molecule has 1 amide bonds. The van der Waals surface area contributed by atoms with Crippen molar-refractivity contribution in [3.63, 3.8) is 0 Å². The van der Waals surface area contributed by atoms with Crippen LogP contribution in [0.15, 0.2) is 24.3 Å². The third-order valence-electron chi connectivity index (χ3n) is 2.96. The number of carbonyl (C=O) groups is 1. The average molecular weight is 204 g/mol. The predicted octanol–water partition coefficient (Wildman–Crippen LogP) is 2.25. The van der Waals surface area contributed by atoms with Crippen LogP contribution in [0, 0.1) is 11.8 Å². The Morgan fingerprint density at radius 3 is 2.73 bits per heavy atom. The summed E-state index contributed by atoms with van der Waals surface area (Å²) in [5, 5.41) is 2.87. The first-order chi connectivity index (χ1) is 7.18. The number of anilines is 2. The van der Waals surface area contributed by atoms with Crippen LogP contribution in [0.25, 0.3) is 0 Å². The maximum Gasteiger partial charge on any atom is 0.227 e. The molecule has 3 heteroatoms. The molecule has 1 atom stereocenters. The Labute approximate surface area is 89.7 Å². The number of nitrogen functional groups attached to an aromatic ring is 1. The number of amides is 1. The fraction of sp³-hybridized carbons (Fsp3) is 0.417.